The van der Waals surface area contributed by atoms with Gasteiger partial charge in [0, 0.05) is 31.8 Å². The van der Waals surface area contributed by atoms with Crippen molar-refractivity contribution in [2.24, 2.45) is 5.92 Å². The van der Waals surface area contributed by atoms with E-state index in [9.17, 15) is 19.2 Å². The Labute approximate surface area is 259 Å². The molecule has 2 saturated heterocycles. The summed E-state index contributed by atoms with van der Waals surface area (Å²) in [5.41, 5.74) is 0.753. The van der Waals surface area contributed by atoms with Crippen LogP contribution in [0, 0.1) is 5.92 Å². The maximum absolute atomic E-state index is 13.8. The van der Waals surface area contributed by atoms with Crippen LogP contribution in [0.2, 0.25) is 0 Å². The number of benzene rings is 2. The lowest BCUT2D eigenvalue weighted by molar-refractivity contribution is -0.135. The molecule has 0 bridgehead atoms. The molecule has 2 aliphatic rings. The van der Waals surface area contributed by atoms with Crippen molar-refractivity contribution in [3.05, 3.63) is 65.7 Å². The van der Waals surface area contributed by atoms with Crippen LogP contribution in [0.5, 0.6) is 5.75 Å². The molecule has 0 spiro atoms. The van der Waals surface area contributed by atoms with Crippen LogP contribution in [0.1, 0.15) is 45.2 Å². The summed E-state index contributed by atoms with van der Waals surface area (Å²) in [5, 5.41) is 5.78. The first-order chi connectivity index (χ1) is 21.0. The molecular weight excluding hydrogens is 562 g/mol. The molecule has 2 fully saturated rings. The number of Topliss-reactive ketones (excluding diaryl/α,β-unsaturated/α-hetero) is 2. The van der Waals surface area contributed by atoms with Gasteiger partial charge in [-0.05, 0) is 50.5 Å². The quantitative estimate of drug-likeness (QED) is 0.296. The zero-order valence-electron chi connectivity index (χ0n) is 26.3. The average molecular weight is 608 g/mol. The van der Waals surface area contributed by atoms with Gasteiger partial charge in [0.2, 0.25) is 11.8 Å². The summed E-state index contributed by atoms with van der Waals surface area (Å²) in [6, 6.07) is 14.8. The Bertz CT molecular complexity index is 1290. The predicted molar refractivity (Wildman–Crippen MR) is 165 cm³/mol. The Kier molecular flexibility index (Phi) is 11.3. The number of carbonyl (C=O) groups is 4. The predicted octanol–water partition coefficient (Wildman–Crippen LogP) is 2.51. The van der Waals surface area contributed by atoms with Crippen molar-refractivity contribution in [3.63, 3.8) is 0 Å². The molecule has 238 valence electrons. The van der Waals surface area contributed by atoms with Crippen molar-refractivity contribution in [3.8, 4) is 5.75 Å². The second-order valence-electron chi connectivity index (χ2n) is 12.3. The maximum Gasteiger partial charge on any atom is 0.243 e. The van der Waals surface area contributed by atoms with E-state index in [1.807, 2.05) is 56.3 Å². The number of amides is 2. The van der Waals surface area contributed by atoms with Crippen molar-refractivity contribution >= 4 is 23.4 Å². The molecule has 44 heavy (non-hydrogen) atoms. The number of nitrogens with one attached hydrogen (secondary N) is 2. The highest BCUT2D eigenvalue weighted by atomic mass is 16.6. The van der Waals surface area contributed by atoms with Gasteiger partial charge in [0.05, 0.1) is 38.5 Å². The Morgan fingerprint density at radius 1 is 0.909 bits per heavy atom. The third-order valence-electron chi connectivity index (χ3n) is 8.12. The Hall–Kier alpha value is -3.60. The van der Waals surface area contributed by atoms with E-state index in [0.717, 1.165) is 11.1 Å². The van der Waals surface area contributed by atoms with Crippen molar-refractivity contribution < 1.29 is 33.4 Å². The standard InChI is InChI=1S/C34H45N3O7/c1-22(15-27(38)20-37-18-23(2)44-24(3)19-37)32(40)36-30(17-26-11-13-28(42-5)14-12-26)33(41)35-29(31(39)34(4)21-43-34)16-25-9-7-6-8-10-25/h6-14,22-24,29-30H,15-21H2,1-5H3,(H,35,41)(H,36,40)/t22-,23-,24+,29?,30+,34-/m1/s1. The van der Waals surface area contributed by atoms with Crippen LogP contribution in [-0.4, -0.2) is 91.5 Å². The summed E-state index contributed by atoms with van der Waals surface area (Å²) in [5.74, 6) is -1.13. The summed E-state index contributed by atoms with van der Waals surface area (Å²) >= 11 is 0. The Morgan fingerprint density at radius 3 is 2.07 bits per heavy atom. The van der Waals surface area contributed by atoms with Crippen molar-refractivity contribution in [2.75, 3.05) is 33.4 Å². The highest BCUT2D eigenvalue weighted by molar-refractivity contribution is 5.98. The van der Waals surface area contributed by atoms with E-state index >= 15 is 0 Å². The van der Waals surface area contributed by atoms with Gasteiger partial charge in [0.25, 0.3) is 0 Å². The fraction of sp³-hybridized carbons (Fsp3) is 0.529. The first-order valence-electron chi connectivity index (χ1n) is 15.3. The normalized spacial score (nSPS) is 23.6. The van der Waals surface area contributed by atoms with E-state index in [4.69, 9.17) is 14.2 Å². The van der Waals surface area contributed by atoms with Gasteiger partial charge in [-0.3, -0.25) is 24.1 Å². The van der Waals surface area contributed by atoms with Gasteiger partial charge in [-0.15, -0.1) is 0 Å². The fourth-order valence-corrected chi connectivity index (χ4v) is 5.63. The van der Waals surface area contributed by atoms with Gasteiger partial charge in [0.1, 0.15) is 23.2 Å². The molecule has 0 aliphatic carbocycles. The van der Waals surface area contributed by atoms with Gasteiger partial charge < -0.3 is 24.8 Å². The summed E-state index contributed by atoms with van der Waals surface area (Å²) in [7, 11) is 1.57. The van der Waals surface area contributed by atoms with E-state index in [2.05, 4.69) is 15.5 Å². The van der Waals surface area contributed by atoms with E-state index < -0.39 is 35.4 Å². The molecule has 2 aromatic rings. The Morgan fingerprint density at radius 2 is 1.48 bits per heavy atom. The average Bonchev–Trinajstić information content (AvgIpc) is 3.74. The minimum absolute atomic E-state index is 0.0381. The first kappa shape index (κ1) is 33.3. The third-order valence-corrected chi connectivity index (χ3v) is 8.12. The van der Waals surface area contributed by atoms with Crippen LogP contribution in [0.15, 0.2) is 54.6 Å². The van der Waals surface area contributed by atoms with Crippen molar-refractivity contribution in [2.45, 2.75) is 76.9 Å². The zero-order chi connectivity index (χ0) is 31.9. The zero-order valence-corrected chi connectivity index (χ0v) is 26.3. The number of methoxy groups -OCH3 is 1. The summed E-state index contributed by atoms with van der Waals surface area (Å²) < 4.78 is 16.4. The highest BCUT2D eigenvalue weighted by Gasteiger charge is 2.50. The van der Waals surface area contributed by atoms with Gasteiger partial charge in [-0.25, -0.2) is 0 Å². The lowest BCUT2D eigenvalue weighted by atomic mass is 9.94. The molecule has 0 saturated carbocycles. The molecule has 2 heterocycles. The number of hydrogen-bond acceptors (Lipinski definition) is 8. The molecule has 2 amide bonds. The molecule has 0 aromatic heterocycles. The Balaban J connectivity index is 1.45. The second kappa shape index (κ2) is 14.9. The van der Waals surface area contributed by atoms with Crippen molar-refractivity contribution in [1.29, 1.82) is 0 Å². The number of morpholine rings is 1. The van der Waals surface area contributed by atoms with Crippen LogP contribution in [0.3, 0.4) is 0 Å². The number of hydrogen-bond donors (Lipinski definition) is 2. The second-order valence-corrected chi connectivity index (χ2v) is 12.3. The third kappa shape index (κ3) is 9.45. The molecule has 1 unspecified atom stereocenters. The number of ether oxygens (including phenoxy) is 3. The summed E-state index contributed by atoms with van der Waals surface area (Å²) in [6.07, 6.45) is 0.601. The molecule has 4 rings (SSSR count). The topological polar surface area (TPSA) is 127 Å². The smallest absolute Gasteiger partial charge is 0.243 e. The largest absolute Gasteiger partial charge is 0.497 e. The van der Waals surface area contributed by atoms with Gasteiger partial charge >= 0.3 is 0 Å². The summed E-state index contributed by atoms with van der Waals surface area (Å²) in [4.78, 5) is 55.5. The highest BCUT2D eigenvalue weighted by Crippen LogP contribution is 2.29. The first-order valence-corrected chi connectivity index (χ1v) is 15.3. The lowest BCUT2D eigenvalue weighted by Crippen LogP contribution is -2.55. The lowest BCUT2D eigenvalue weighted by Gasteiger charge is -2.34. The number of ketones is 2. The monoisotopic (exact) mass is 607 g/mol. The van der Waals surface area contributed by atoms with Gasteiger partial charge in [-0.2, -0.15) is 0 Å². The van der Waals surface area contributed by atoms with Crippen LogP contribution >= 0.6 is 0 Å². The van der Waals surface area contributed by atoms with Gasteiger partial charge in [0.15, 0.2) is 5.78 Å². The van der Waals surface area contributed by atoms with E-state index in [1.165, 1.54) is 0 Å². The van der Waals surface area contributed by atoms with Crippen LogP contribution < -0.4 is 15.4 Å². The van der Waals surface area contributed by atoms with E-state index in [1.54, 1.807) is 33.1 Å². The number of nitrogens with zero attached hydrogens (tertiary/aromatic N) is 1. The molecule has 0 radical (unpaired) electrons. The van der Waals surface area contributed by atoms with E-state index in [-0.39, 0.29) is 49.6 Å². The molecular formula is C34H45N3O7. The molecule has 2 aliphatic heterocycles. The van der Waals surface area contributed by atoms with Gasteiger partial charge in [-0.1, -0.05) is 49.4 Å². The van der Waals surface area contributed by atoms with Crippen LogP contribution in [0.25, 0.3) is 0 Å². The van der Waals surface area contributed by atoms with E-state index in [0.29, 0.717) is 25.4 Å². The molecule has 6 atom stereocenters. The number of epoxide rings is 1. The number of rotatable bonds is 15. The maximum atomic E-state index is 13.8. The summed E-state index contributed by atoms with van der Waals surface area (Å²) in [6.45, 7) is 9.23. The number of carbonyl (C=O) groups excluding carboxylic acids is 4. The minimum atomic E-state index is -0.978. The van der Waals surface area contributed by atoms with Crippen molar-refractivity contribution in [1.82, 2.24) is 15.5 Å². The van der Waals surface area contributed by atoms with Crippen LogP contribution in [0.4, 0.5) is 0 Å². The fourth-order valence-electron chi connectivity index (χ4n) is 5.63. The molecule has 10 heteroatoms. The molecule has 10 nitrogen and oxygen atoms in total. The SMILES string of the molecule is COc1ccc(C[C@H](NC(=O)[C@H](C)CC(=O)CN2C[C@@H](C)O[C@@H](C)C2)C(=O)NC(Cc2ccccc2)C(=O)[C@@]2(C)CO2)cc1. The molecule has 2 N–H and O–H groups in total. The van der Waals surface area contributed by atoms with Crippen LogP contribution in [-0.2, 0) is 41.5 Å². The molecule has 2 aromatic carbocycles. The minimum Gasteiger partial charge on any atom is -0.497 e.